The van der Waals surface area contributed by atoms with Gasteiger partial charge in [-0.1, -0.05) is 53.6 Å². The molecule has 3 aromatic rings. The number of amides is 1. The maximum absolute atomic E-state index is 13.3. The summed E-state index contributed by atoms with van der Waals surface area (Å²) < 4.78 is 5.94. The highest BCUT2D eigenvalue weighted by Crippen LogP contribution is 2.43. The lowest BCUT2D eigenvalue weighted by Gasteiger charge is -2.38. The first-order chi connectivity index (χ1) is 16.5. The number of rotatable bonds is 5. The van der Waals surface area contributed by atoms with Crippen molar-refractivity contribution in [1.82, 2.24) is 0 Å². The van der Waals surface area contributed by atoms with Crippen molar-refractivity contribution < 1.29 is 14.3 Å². The van der Waals surface area contributed by atoms with E-state index >= 15 is 0 Å². The van der Waals surface area contributed by atoms with Gasteiger partial charge in [-0.25, -0.2) is 0 Å². The lowest BCUT2D eigenvalue weighted by molar-refractivity contribution is -0.119. The van der Waals surface area contributed by atoms with Gasteiger partial charge in [-0.15, -0.1) is 0 Å². The number of hydrogen-bond donors (Lipinski definition) is 0. The molecule has 4 nitrogen and oxygen atoms in total. The predicted octanol–water partition coefficient (Wildman–Crippen LogP) is 6.76. The summed E-state index contributed by atoms with van der Waals surface area (Å²) in [5.74, 6) is 0.668. The van der Waals surface area contributed by atoms with Gasteiger partial charge in [0.05, 0.1) is 0 Å². The zero-order valence-electron chi connectivity index (χ0n) is 19.1. The number of allylic oxidation sites excluding steroid dienone is 2. The second-order valence-corrected chi connectivity index (χ2v) is 9.38. The summed E-state index contributed by atoms with van der Waals surface area (Å²) in [5.41, 5.74) is 5.66. The molecule has 2 aliphatic rings. The first-order valence-electron chi connectivity index (χ1n) is 11.6. The SMILES string of the molecule is Cc1ccc(COc2ccc(C3CC(=O)N(c4ccc(Cl)cc4)C4=C3C(=O)CCC4)cc2)cc1. The Hall–Kier alpha value is -3.37. The topological polar surface area (TPSA) is 46.6 Å². The average Bonchev–Trinajstić information content (AvgIpc) is 2.84. The van der Waals surface area contributed by atoms with Gasteiger partial charge in [0.2, 0.25) is 5.91 Å². The van der Waals surface area contributed by atoms with Crippen LogP contribution in [0.5, 0.6) is 5.75 Å². The number of hydrogen-bond acceptors (Lipinski definition) is 3. The number of nitrogens with zero attached hydrogens (tertiary/aromatic N) is 1. The maximum atomic E-state index is 13.3. The average molecular weight is 472 g/mol. The summed E-state index contributed by atoms with van der Waals surface area (Å²) in [7, 11) is 0. The molecule has 3 aromatic carbocycles. The quantitative estimate of drug-likeness (QED) is 0.413. The Morgan fingerprint density at radius 3 is 2.32 bits per heavy atom. The van der Waals surface area contributed by atoms with Gasteiger partial charge in [0, 0.05) is 40.7 Å². The van der Waals surface area contributed by atoms with Gasteiger partial charge in [0.15, 0.2) is 5.78 Å². The zero-order chi connectivity index (χ0) is 23.7. The molecule has 1 atom stereocenters. The van der Waals surface area contributed by atoms with E-state index in [4.69, 9.17) is 16.3 Å². The van der Waals surface area contributed by atoms with Crippen molar-refractivity contribution in [3.8, 4) is 5.75 Å². The second-order valence-electron chi connectivity index (χ2n) is 8.94. The van der Waals surface area contributed by atoms with Crippen LogP contribution < -0.4 is 9.64 Å². The molecular weight excluding hydrogens is 446 g/mol. The monoisotopic (exact) mass is 471 g/mol. The Kier molecular flexibility index (Phi) is 6.25. The Morgan fingerprint density at radius 2 is 1.62 bits per heavy atom. The van der Waals surface area contributed by atoms with Crippen molar-refractivity contribution in [3.05, 3.63) is 106 Å². The third kappa shape index (κ3) is 4.51. The Morgan fingerprint density at radius 1 is 0.912 bits per heavy atom. The van der Waals surface area contributed by atoms with Crippen LogP contribution in [0.15, 0.2) is 84.1 Å². The molecule has 1 amide bonds. The highest BCUT2D eigenvalue weighted by Gasteiger charge is 2.39. The molecule has 0 bridgehead atoms. The van der Waals surface area contributed by atoms with E-state index in [0.717, 1.165) is 40.3 Å². The molecule has 0 spiro atoms. The summed E-state index contributed by atoms with van der Waals surface area (Å²) in [4.78, 5) is 28.1. The number of Topliss-reactive ketones (excluding diaryl/α,β-unsaturated/α-hetero) is 1. The number of carbonyl (C=O) groups is 2. The molecular formula is C29H26ClNO3. The van der Waals surface area contributed by atoms with Crippen molar-refractivity contribution in [3.63, 3.8) is 0 Å². The van der Waals surface area contributed by atoms with E-state index in [1.54, 1.807) is 17.0 Å². The van der Waals surface area contributed by atoms with Crippen LogP contribution in [0.1, 0.15) is 48.3 Å². The molecule has 0 fully saturated rings. The van der Waals surface area contributed by atoms with Crippen LogP contribution in [0.3, 0.4) is 0 Å². The summed E-state index contributed by atoms with van der Waals surface area (Å²) in [5, 5.41) is 0.615. The van der Waals surface area contributed by atoms with Crippen LogP contribution in [-0.2, 0) is 16.2 Å². The van der Waals surface area contributed by atoms with Crippen LogP contribution >= 0.6 is 11.6 Å². The van der Waals surface area contributed by atoms with Gasteiger partial charge in [-0.05, 0) is 67.3 Å². The van der Waals surface area contributed by atoms with Crippen LogP contribution in [0.2, 0.25) is 5.02 Å². The third-order valence-electron chi connectivity index (χ3n) is 6.57. The molecule has 0 aromatic heterocycles. The molecule has 1 heterocycles. The molecule has 5 rings (SSSR count). The van der Waals surface area contributed by atoms with E-state index in [-0.39, 0.29) is 24.0 Å². The van der Waals surface area contributed by atoms with E-state index in [9.17, 15) is 9.59 Å². The van der Waals surface area contributed by atoms with Gasteiger partial charge in [0.25, 0.3) is 0 Å². The molecule has 1 aliphatic heterocycles. The van der Waals surface area contributed by atoms with E-state index in [2.05, 4.69) is 31.2 Å². The van der Waals surface area contributed by atoms with Crippen molar-refractivity contribution >= 4 is 29.0 Å². The minimum Gasteiger partial charge on any atom is -0.489 e. The smallest absolute Gasteiger partial charge is 0.232 e. The number of halogens is 1. The number of benzene rings is 3. The van der Waals surface area contributed by atoms with Crippen molar-refractivity contribution in [2.45, 2.75) is 45.1 Å². The highest BCUT2D eigenvalue weighted by atomic mass is 35.5. The number of anilines is 1. The Balaban J connectivity index is 1.41. The van der Waals surface area contributed by atoms with Crippen LogP contribution in [0.4, 0.5) is 5.69 Å². The van der Waals surface area contributed by atoms with Crippen LogP contribution in [-0.4, -0.2) is 11.7 Å². The Labute approximate surface area is 204 Å². The number of aryl methyl sites for hydroxylation is 1. The molecule has 0 radical (unpaired) electrons. The second kappa shape index (κ2) is 9.47. The summed E-state index contributed by atoms with van der Waals surface area (Å²) in [6, 6.07) is 23.3. The standard InChI is InChI=1S/C29H26ClNO3/c1-19-5-7-20(8-6-19)18-34-24-15-9-21(10-16-24)25-17-28(33)31(23-13-11-22(30)12-14-23)26-3-2-4-27(32)29(25)26/h5-16,25H,2-4,17-18H2,1H3. The van der Waals surface area contributed by atoms with E-state index in [1.165, 1.54) is 5.56 Å². The van der Waals surface area contributed by atoms with Gasteiger partial charge in [-0.2, -0.15) is 0 Å². The first-order valence-corrected chi connectivity index (χ1v) is 12.0. The molecule has 5 heteroatoms. The van der Waals surface area contributed by atoms with Crippen molar-refractivity contribution in [2.75, 3.05) is 4.90 Å². The maximum Gasteiger partial charge on any atom is 0.232 e. The van der Waals surface area contributed by atoms with Gasteiger partial charge < -0.3 is 4.74 Å². The van der Waals surface area contributed by atoms with Crippen LogP contribution in [0, 0.1) is 6.92 Å². The molecule has 1 unspecified atom stereocenters. The summed E-state index contributed by atoms with van der Waals surface area (Å²) >= 11 is 6.05. The highest BCUT2D eigenvalue weighted by molar-refractivity contribution is 6.30. The molecule has 172 valence electrons. The fraction of sp³-hybridized carbons (Fsp3) is 0.241. The lowest BCUT2D eigenvalue weighted by atomic mass is 9.77. The van der Waals surface area contributed by atoms with Gasteiger partial charge >= 0.3 is 0 Å². The number of carbonyl (C=O) groups excluding carboxylic acids is 2. The minimum absolute atomic E-state index is 0.000435. The van der Waals surface area contributed by atoms with E-state index < -0.39 is 0 Å². The normalized spacial score (nSPS) is 18.2. The number of ether oxygens (including phenoxy) is 1. The fourth-order valence-electron chi connectivity index (χ4n) is 4.81. The summed E-state index contributed by atoms with van der Waals surface area (Å²) in [6.45, 7) is 2.55. The third-order valence-corrected chi connectivity index (χ3v) is 6.82. The van der Waals surface area contributed by atoms with E-state index in [1.807, 2.05) is 36.4 Å². The molecule has 34 heavy (non-hydrogen) atoms. The first kappa shape index (κ1) is 22.4. The molecule has 0 saturated heterocycles. The Bertz CT molecular complexity index is 1240. The number of ketones is 1. The predicted molar refractivity (Wildman–Crippen MR) is 134 cm³/mol. The largest absolute Gasteiger partial charge is 0.489 e. The van der Waals surface area contributed by atoms with Gasteiger partial charge in [-0.3, -0.25) is 14.5 Å². The van der Waals surface area contributed by atoms with Crippen molar-refractivity contribution in [2.24, 2.45) is 0 Å². The molecule has 0 saturated carbocycles. The van der Waals surface area contributed by atoms with E-state index in [0.29, 0.717) is 24.5 Å². The van der Waals surface area contributed by atoms with Crippen LogP contribution in [0.25, 0.3) is 0 Å². The zero-order valence-corrected chi connectivity index (χ0v) is 19.8. The van der Waals surface area contributed by atoms with Gasteiger partial charge in [0.1, 0.15) is 12.4 Å². The molecule has 0 N–H and O–H groups in total. The van der Waals surface area contributed by atoms with Crippen molar-refractivity contribution in [1.29, 1.82) is 0 Å². The lowest BCUT2D eigenvalue weighted by Crippen LogP contribution is -2.40. The fourth-order valence-corrected chi connectivity index (χ4v) is 4.94. The minimum atomic E-state index is -0.231. The summed E-state index contributed by atoms with van der Waals surface area (Å²) in [6.07, 6.45) is 2.25. The molecule has 1 aliphatic carbocycles.